The van der Waals surface area contributed by atoms with Crippen LogP contribution in [0.5, 0.6) is 0 Å². The molecule has 23 heavy (non-hydrogen) atoms. The third kappa shape index (κ3) is 4.83. The number of hydrogen-bond donors (Lipinski definition) is 1. The van der Waals surface area contributed by atoms with Gasteiger partial charge in [0.1, 0.15) is 17.7 Å². The molecule has 1 aliphatic carbocycles. The second-order valence-corrected chi connectivity index (χ2v) is 6.79. The van der Waals surface area contributed by atoms with Crippen molar-refractivity contribution in [3.05, 3.63) is 21.6 Å². The maximum absolute atomic E-state index is 11.9. The van der Waals surface area contributed by atoms with E-state index in [2.05, 4.69) is 16.9 Å². The van der Waals surface area contributed by atoms with Crippen LogP contribution < -0.4 is 5.56 Å². The van der Waals surface area contributed by atoms with Gasteiger partial charge in [-0.05, 0) is 31.6 Å². The first-order valence-electron chi connectivity index (χ1n) is 7.89. The second-order valence-electron chi connectivity index (χ2n) is 5.83. The first-order valence-corrected chi connectivity index (χ1v) is 8.87. The molecule has 7 heteroatoms. The fourth-order valence-electron chi connectivity index (χ4n) is 2.77. The number of hydrogen-bond acceptors (Lipinski definition) is 6. The molecule has 0 saturated heterocycles. The van der Waals surface area contributed by atoms with Gasteiger partial charge in [-0.3, -0.25) is 9.59 Å². The first kappa shape index (κ1) is 17.5. The summed E-state index contributed by atoms with van der Waals surface area (Å²) in [6.07, 6.45) is 4.63. The molecule has 0 aliphatic heterocycles. The van der Waals surface area contributed by atoms with E-state index in [1.807, 2.05) is 13.0 Å². The topological polar surface area (TPSA) is 95.8 Å². The lowest BCUT2D eigenvalue weighted by Gasteiger charge is -2.26. The Morgan fingerprint density at radius 3 is 2.96 bits per heavy atom. The maximum Gasteiger partial charge on any atom is 0.316 e. The van der Waals surface area contributed by atoms with Gasteiger partial charge in [-0.2, -0.15) is 5.26 Å². The maximum atomic E-state index is 11.9. The number of nitriles is 1. The first-order chi connectivity index (χ1) is 11.0. The van der Waals surface area contributed by atoms with Gasteiger partial charge in [-0.15, -0.1) is 0 Å². The van der Waals surface area contributed by atoms with Gasteiger partial charge >= 0.3 is 5.97 Å². The summed E-state index contributed by atoms with van der Waals surface area (Å²) in [5.41, 5.74) is 0.0279. The molecule has 1 fully saturated rings. The Kier molecular flexibility index (Phi) is 6.22. The third-order valence-corrected chi connectivity index (χ3v) is 4.78. The van der Waals surface area contributed by atoms with Crippen molar-refractivity contribution in [2.45, 2.75) is 57.2 Å². The van der Waals surface area contributed by atoms with Crippen molar-refractivity contribution in [3.63, 3.8) is 0 Å². The number of H-pyrrole nitrogens is 1. The molecule has 1 aromatic rings. The molecule has 1 aliphatic rings. The zero-order chi connectivity index (χ0) is 16.8. The monoisotopic (exact) mass is 335 g/mol. The van der Waals surface area contributed by atoms with E-state index in [0.717, 1.165) is 31.0 Å². The standard InChI is InChI=1S/C16H21N3O3S/c1-3-13-12(8-17)15(21)19-16(18-13)23-9-14(20)22-11-6-4-5-10(2)7-11/h10-11H,3-7,9H2,1-2H3,(H,18,19,21)/t10-,11-/m1/s1. The number of carbonyl (C=O) groups is 1. The van der Waals surface area contributed by atoms with Crippen LogP contribution in [0.1, 0.15) is 50.8 Å². The van der Waals surface area contributed by atoms with Crippen molar-refractivity contribution < 1.29 is 9.53 Å². The molecule has 2 atom stereocenters. The summed E-state index contributed by atoms with van der Waals surface area (Å²) in [6.45, 7) is 4.00. The van der Waals surface area contributed by atoms with Crippen LogP contribution in [0.4, 0.5) is 0 Å². The van der Waals surface area contributed by atoms with Crippen LogP contribution in [-0.4, -0.2) is 27.8 Å². The molecule has 1 aromatic heterocycles. The molecular weight excluding hydrogens is 314 g/mol. The zero-order valence-corrected chi connectivity index (χ0v) is 14.2. The van der Waals surface area contributed by atoms with Gasteiger partial charge in [0.05, 0.1) is 11.4 Å². The largest absolute Gasteiger partial charge is 0.462 e. The van der Waals surface area contributed by atoms with Crippen LogP contribution in [0.2, 0.25) is 0 Å². The molecule has 0 radical (unpaired) electrons. The molecule has 0 spiro atoms. The minimum absolute atomic E-state index is 0.00558. The molecule has 2 rings (SSSR count). The summed E-state index contributed by atoms with van der Waals surface area (Å²) < 4.78 is 5.48. The minimum Gasteiger partial charge on any atom is -0.462 e. The van der Waals surface area contributed by atoms with Crippen molar-refractivity contribution in [2.75, 3.05) is 5.75 Å². The van der Waals surface area contributed by atoms with Crippen LogP contribution >= 0.6 is 11.8 Å². The molecule has 0 bridgehead atoms. The molecule has 0 unspecified atom stereocenters. The molecule has 1 N–H and O–H groups in total. The van der Waals surface area contributed by atoms with E-state index >= 15 is 0 Å². The third-order valence-electron chi connectivity index (χ3n) is 3.93. The van der Waals surface area contributed by atoms with Gasteiger partial charge in [-0.1, -0.05) is 32.0 Å². The number of rotatable bonds is 5. The normalized spacial score (nSPS) is 20.7. The van der Waals surface area contributed by atoms with Crippen LogP contribution in [-0.2, 0) is 16.0 Å². The van der Waals surface area contributed by atoms with E-state index in [9.17, 15) is 9.59 Å². The van der Waals surface area contributed by atoms with E-state index in [0.29, 0.717) is 23.2 Å². The number of aryl methyl sites for hydroxylation is 1. The average molecular weight is 335 g/mol. The predicted octanol–water partition coefficient (Wildman–Crippen LogP) is 2.42. The lowest BCUT2D eigenvalue weighted by Crippen LogP contribution is -2.25. The number of aromatic nitrogens is 2. The Bertz CT molecular complexity index is 666. The van der Waals surface area contributed by atoms with Crippen molar-refractivity contribution in [2.24, 2.45) is 5.92 Å². The number of nitrogens with zero attached hydrogens (tertiary/aromatic N) is 2. The molecular formula is C16H21N3O3S. The van der Waals surface area contributed by atoms with E-state index in [1.165, 1.54) is 6.42 Å². The zero-order valence-electron chi connectivity index (χ0n) is 13.4. The summed E-state index contributed by atoms with van der Waals surface area (Å²) in [5, 5.41) is 9.30. The Morgan fingerprint density at radius 2 is 2.30 bits per heavy atom. The van der Waals surface area contributed by atoms with E-state index in [1.54, 1.807) is 0 Å². The highest BCUT2D eigenvalue weighted by molar-refractivity contribution is 7.99. The van der Waals surface area contributed by atoms with E-state index < -0.39 is 5.56 Å². The van der Waals surface area contributed by atoms with Crippen molar-refractivity contribution in [1.29, 1.82) is 5.26 Å². The highest BCUT2D eigenvalue weighted by atomic mass is 32.2. The van der Waals surface area contributed by atoms with Crippen LogP contribution in [0.25, 0.3) is 0 Å². The number of esters is 1. The summed E-state index contributed by atoms with van der Waals surface area (Å²) in [4.78, 5) is 30.5. The van der Waals surface area contributed by atoms with Crippen molar-refractivity contribution in [3.8, 4) is 6.07 Å². The smallest absolute Gasteiger partial charge is 0.316 e. The fraction of sp³-hybridized carbons (Fsp3) is 0.625. The Hall–Kier alpha value is -1.81. The quantitative estimate of drug-likeness (QED) is 0.504. The Labute approximate surface area is 139 Å². The Morgan fingerprint density at radius 1 is 1.52 bits per heavy atom. The average Bonchev–Trinajstić information content (AvgIpc) is 2.52. The van der Waals surface area contributed by atoms with Gasteiger partial charge < -0.3 is 9.72 Å². The highest BCUT2D eigenvalue weighted by Crippen LogP contribution is 2.26. The van der Waals surface area contributed by atoms with Gasteiger partial charge in [0, 0.05) is 0 Å². The van der Waals surface area contributed by atoms with Gasteiger partial charge in [0.2, 0.25) is 0 Å². The molecule has 0 aromatic carbocycles. The molecule has 1 saturated carbocycles. The van der Waals surface area contributed by atoms with E-state index in [4.69, 9.17) is 10.00 Å². The van der Waals surface area contributed by atoms with Gasteiger partial charge in [0.15, 0.2) is 5.16 Å². The minimum atomic E-state index is -0.462. The summed E-state index contributed by atoms with van der Waals surface area (Å²) in [7, 11) is 0. The van der Waals surface area contributed by atoms with Crippen LogP contribution in [0.3, 0.4) is 0 Å². The summed E-state index contributed by atoms with van der Waals surface area (Å²) in [6, 6.07) is 1.86. The number of nitrogens with one attached hydrogen (secondary N) is 1. The summed E-state index contributed by atoms with van der Waals surface area (Å²) in [5.74, 6) is 0.403. The number of carbonyl (C=O) groups excluding carboxylic acids is 1. The van der Waals surface area contributed by atoms with Crippen molar-refractivity contribution >= 4 is 17.7 Å². The predicted molar refractivity (Wildman–Crippen MR) is 87.2 cm³/mol. The van der Waals surface area contributed by atoms with Gasteiger partial charge in [0.25, 0.3) is 5.56 Å². The molecule has 124 valence electrons. The van der Waals surface area contributed by atoms with Crippen LogP contribution in [0, 0.1) is 17.2 Å². The lowest BCUT2D eigenvalue weighted by atomic mass is 9.89. The highest BCUT2D eigenvalue weighted by Gasteiger charge is 2.22. The molecule has 0 amide bonds. The number of ether oxygens (including phenoxy) is 1. The second kappa shape index (κ2) is 8.16. The van der Waals surface area contributed by atoms with E-state index in [-0.39, 0.29) is 23.4 Å². The summed E-state index contributed by atoms with van der Waals surface area (Å²) >= 11 is 1.13. The lowest BCUT2D eigenvalue weighted by molar-refractivity contribution is -0.147. The molecule has 6 nitrogen and oxygen atoms in total. The SMILES string of the molecule is CCc1nc(SCC(=O)O[C@@H]2CCC[C@@H](C)C2)[nH]c(=O)c1C#N. The number of aromatic amines is 1. The number of thioether (sulfide) groups is 1. The molecule has 1 heterocycles. The van der Waals surface area contributed by atoms with Gasteiger partial charge in [-0.25, -0.2) is 4.98 Å². The fourth-order valence-corrected chi connectivity index (χ4v) is 3.43. The van der Waals surface area contributed by atoms with Crippen molar-refractivity contribution in [1.82, 2.24) is 9.97 Å². The van der Waals surface area contributed by atoms with Crippen LogP contribution in [0.15, 0.2) is 9.95 Å². The Balaban J connectivity index is 1.93.